The zero-order valence-electron chi connectivity index (χ0n) is 14.8. The molecule has 0 aliphatic carbocycles. The van der Waals surface area contributed by atoms with Crippen molar-refractivity contribution in [3.63, 3.8) is 0 Å². The molecule has 0 aromatic heterocycles. The fraction of sp³-hybridized carbons (Fsp3) is 0.278. The number of hydrogen-bond acceptors (Lipinski definition) is 5. The van der Waals surface area contributed by atoms with Crippen LogP contribution >= 0.6 is 11.6 Å². The zero-order chi connectivity index (χ0) is 19.6. The summed E-state index contributed by atoms with van der Waals surface area (Å²) in [5.41, 5.74) is 1.62. The summed E-state index contributed by atoms with van der Waals surface area (Å²) in [6.07, 6.45) is 1.70. The second-order valence-corrected chi connectivity index (χ2v) is 8.10. The molecule has 0 spiro atoms. The van der Waals surface area contributed by atoms with Gasteiger partial charge < -0.3 is 14.8 Å². The summed E-state index contributed by atoms with van der Waals surface area (Å²) in [5.74, 6) is 0.583. The number of carbonyl (C=O) groups is 1. The van der Waals surface area contributed by atoms with Crippen molar-refractivity contribution in [2.45, 2.75) is 24.2 Å². The molecular weight excluding hydrogens is 392 g/mol. The van der Waals surface area contributed by atoms with Crippen molar-refractivity contribution in [2.75, 3.05) is 24.3 Å². The summed E-state index contributed by atoms with van der Waals surface area (Å²) in [5, 5.41) is 3.03. The standard InChI is InChI=1S/C18H19ClN2O5S/c1-25-16-10-17(26-2)15(9-13(16)19)21-27(23,24)12-6-7-14-11(8-12)4-3-5-18(22)20-14/h6-10,21H,3-5H2,1-2H3,(H,20,22). The van der Waals surface area contributed by atoms with Gasteiger partial charge in [0.15, 0.2) is 0 Å². The van der Waals surface area contributed by atoms with Gasteiger partial charge >= 0.3 is 0 Å². The Hall–Kier alpha value is -2.45. The van der Waals surface area contributed by atoms with E-state index in [9.17, 15) is 13.2 Å². The average molecular weight is 411 g/mol. The summed E-state index contributed by atoms with van der Waals surface area (Å²) in [6, 6.07) is 7.56. The number of rotatable bonds is 5. The number of hydrogen-bond donors (Lipinski definition) is 2. The number of sulfonamides is 1. The van der Waals surface area contributed by atoms with Crippen molar-refractivity contribution in [1.82, 2.24) is 0 Å². The first-order valence-electron chi connectivity index (χ1n) is 8.21. The van der Waals surface area contributed by atoms with Gasteiger partial charge in [0.25, 0.3) is 10.0 Å². The molecule has 144 valence electrons. The van der Waals surface area contributed by atoms with Crippen LogP contribution in [0.1, 0.15) is 18.4 Å². The molecule has 0 unspecified atom stereocenters. The Kier molecular flexibility index (Phi) is 5.48. The monoisotopic (exact) mass is 410 g/mol. The Balaban J connectivity index is 1.95. The number of aryl methyl sites for hydroxylation is 1. The fourth-order valence-corrected chi connectivity index (χ4v) is 4.21. The molecule has 3 rings (SSSR count). The molecule has 1 aliphatic rings. The Labute approximate surface area is 162 Å². The lowest BCUT2D eigenvalue weighted by molar-refractivity contribution is -0.116. The van der Waals surface area contributed by atoms with Crippen LogP contribution in [0, 0.1) is 0 Å². The van der Waals surface area contributed by atoms with Gasteiger partial charge in [-0.15, -0.1) is 0 Å². The average Bonchev–Trinajstić information content (AvgIpc) is 2.81. The van der Waals surface area contributed by atoms with Crippen LogP contribution in [-0.4, -0.2) is 28.5 Å². The molecule has 7 nitrogen and oxygen atoms in total. The minimum Gasteiger partial charge on any atom is -0.495 e. The molecule has 2 N–H and O–H groups in total. The highest BCUT2D eigenvalue weighted by Gasteiger charge is 2.21. The van der Waals surface area contributed by atoms with Gasteiger partial charge in [-0.05, 0) is 42.7 Å². The smallest absolute Gasteiger partial charge is 0.262 e. The molecule has 0 bridgehead atoms. The van der Waals surface area contributed by atoms with Gasteiger partial charge in [-0.1, -0.05) is 11.6 Å². The number of methoxy groups -OCH3 is 2. The molecule has 1 heterocycles. The van der Waals surface area contributed by atoms with Gasteiger partial charge in [0.2, 0.25) is 5.91 Å². The Morgan fingerprint density at radius 1 is 1.07 bits per heavy atom. The van der Waals surface area contributed by atoms with Crippen LogP contribution < -0.4 is 19.5 Å². The van der Waals surface area contributed by atoms with E-state index in [0.29, 0.717) is 30.7 Å². The van der Waals surface area contributed by atoms with E-state index in [1.807, 2.05) is 0 Å². The number of nitrogens with one attached hydrogen (secondary N) is 2. The molecule has 27 heavy (non-hydrogen) atoms. The Bertz CT molecular complexity index is 991. The highest BCUT2D eigenvalue weighted by molar-refractivity contribution is 7.92. The van der Waals surface area contributed by atoms with Crippen molar-refractivity contribution >= 4 is 38.9 Å². The van der Waals surface area contributed by atoms with E-state index in [-0.39, 0.29) is 27.3 Å². The number of benzene rings is 2. The lowest BCUT2D eigenvalue weighted by Gasteiger charge is -2.15. The van der Waals surface area contributed by atoms with Gasteiger partial charge in [-0.3, -0.25) is 9.52 Å². The lowest BCUT2D eigenvalue weighted by atomic mass is 10.1. The van der Waals surface area contributed by atoms with Gasteiger partial charge in [0.05, 0.1) is 29.8 Å². The van der Waals surface area contributed by atoms with Crippen LogP contribution in [0.15, 0.2) is 35.2 Å². The topological polar surface area (TPSA) is 93.7 Å². The molecule has 1 aliphatic heterocycles. The second kappa shape index (κ2) is 7.66. The Morgan fingerprint density at radius 2 is 1.81 bits per heavy atom. The van der Waals surface area contributed by atoms with E-state index in [4.69, 9.17) is 21.1 Å². The van der Waals surface area contributed by atoms with E-state index in [1.54, 1.807) is 12.1 Å². The molecule has 0 fully saturated rings. The summed E-state index contributed by atoms with van der Waals surface area (Å²) in [7, 11) is -1.00. The number of halogens is 1. The van der Waals surface area contributed by atoms with Gasteiger partial charge in [-0.25, -0.2) is 8.42 Å². The number of fused-ring (bicyclic) bond motifs is 1. The van der Waals surface area contributed by atoms with Crippen molar-refractivity contribution in [2.24, 2.45) is 0 Å². The largest absolute Gasteiger partial charge is 0.495 e. The molecule has 2 aromatic rings. The second-order valence-electron chi connectivity index (χ2n) is 6.01. The quantitative estimate of drug-likeness (QED) is 0.787. The predicted octanol–water partition coefficient (Wildman–Crippen LogP) is 3.43. The normalized spacial score (nSPS) is 14.0. The molecule has 0 saturated carbocycles. The number of ether oxygens (including phenoxy) is 2. The number of anilines is 2. The molecule has 9 heteroatoms. The van der Waals surface area contributed by atoms with Gasteiger partial charge in [0, 0.05) is 18.2 Å². The van der Waals surface area contributed by atoms with Crippen molar-refractivity contribution in [3.05, 3.63) is 40.9 Å². The first kappa shape index (κ1) is 19.3. The molecule has 0 saturated heterocycles. The van der Waals surface area contributed by atoms with Crippen molar-refractivity contribution in [3.8, 4) is 11.5 Å². The van der Waals surface area contributed by atoms with Gasteiger partial charge in [-0.2, -0.15) is 0 Å². The molecule has 0 radical (unpaired) electrons. The highest BCUT2D eigenvalue weighted by atomic mass is 35.5. The first-order chi connectivity index (χ1) is 12.8. The molecule has 0 atom stereocenters. The van der Waals surface area contributed by atoms with Gasteiger partial charge in [0.1, 0.15) is 11.5 Å². The maximum Gasteiger partial charge on any atom is 0.262 e. The maximum absolute atomic E-state index is 12.8. The van der Waals surface area contributed by atoms with Crippen LogP contribution in [0.4, 0.5) is 11.4 Å². The summed E-state index contributed by atoms with van der Waals surface area (Å²) in [4.78, 5) is 11.7. The van der Waals surface area contributed by atoms with Crippen LogP contribution in [0.2, 0.25) is 5.02 Å². The van der Waals surface area contributed by atoms with E-state index < -0.39 is 10.0 Å². The SMILES string of the molecule is COc1cc(OC)c(NS(=O)(=O)c2ccc3c(c2)CCCC(=O)N3)cc1Cl. The van der Waals surface area contributed by atoms with Crippen molar-refractivity contribution in [1.29, 1.82) is 0 Å². The zero-order valence-corrected chi connectivity index (χ0v) is 16.4. The summed E-state index contributed by atoms with van der Waals surface area (Å²) < 4.78 is 38.5. The van der Waals surface area contributed by atoms with E-state index in [0.717, 1.165) is 5.56 Å². The lowest BCUT2D eigenvalue weighted by Crippen LogP contribution is -2.15. The van der Waals surface area contributed by atoms with Crippen LogP contribution in [0.3, 0.4) is 0 Å². The minimum atomic E-state index is -3.88. The third-order valence-electron chi connectivity index (χ3n) is 4.23. The van der Waals surface area contributed by atoms with Crippen molar-refractivity contribution < 1.29 is 22.7 Å². The number of carbonyl (C=O) groups excluding carboxylic acids is 1. The third-order valence-corrected chi connectivity index (χ3v) is 5.89. The predicted molar refractivity (Wildman–Crippen MR) is 103 cm³/mol. The molecule has 2 aromatic carbocycles. The van der Waals surface area contributed by atoms with E-state index >= 15 is 0 Å². The maximum atomic E-state index is 12.8. The van der Waals surface area contributed by atoms with Crippen LogP contribution in [-0.2, 0) is 21.2 Å². The Morgan fingerprint density at radius 3 is 2.52 bits per heavy atom. The molecule has 1 amide bonds. The third kappa shape index (κ3) is 4.12. The first-order valence-corrected chi connectivity index (χ1v) is 10.1. The van der Waals surface area contributed by atoms with Crippen LogP contribution in [0.5, 0.6) is 11.5 Å². The molecular formula is C18H19ClN2O5S. The fourth-order valence-electron chi connectivity index (χ4n) is 2.86. The number of amides is 1. The van der Waals surface area contributed by atoms with Crippen LogP contribution in [0.25, 0.3) is 0 Å². The summed E-state index contributed by atoms with van der Waals surface area (Å²) in [6.45, 7) is 0. The van der Waals surface area contributed by atoms with E-state index in [1.165, 1.54) is 32.4 Å². The highest BCUT2D eigenvalue weighted by Crippen LogP contribution is 2.37. The minimum absolute atomic E-state index is 0.0694. The summed E-state index contributed by atoms with van der Waals surface area (Å²) >= 11 is 6.10. The van der Waals surface area contributed by atoms with E-state index in [2.05, 4.69) is 10.0 Å².